The standard InChI is InChI=1S/C20H14ClNO6/c21-13-4-5-16-14(7-13)15(17(23)8-18(24)20(27)28)10-22(16)9-11-2-1-3-12(6-11)19(25)26/h1-8,10,23H,9H2,(H,25,26)(H,27,28)/b17-8-. The molecule has 0 aliphatic rings. The fourth-order valence-corrected chi connectivity index (χ4v) is 3.04. The van der Waals surface area contributed by atoms with Crippen LogP contribution in [0.25, 0.3) is 16.7 Å². The minimum Gasteiger partial charge on any atom is -0.507 e. The van der Waals surface area contributed by atoms with Gasteiger partial charge in [-0.25, -0.2) is 9.59 Å². The van der Waals surface area contributed by atoms with Crippen molar-refractivity contribution in [1.29, 1.82) is 0 Å². The highest BCUT2D eigenvalue weighted by Crippen LogP contribution is 2.29. The highest BCUT2D eigenvalue weighted by molar-refractivity contribution is 6.38. The average molecular weight is 400 g/mol. The van der Waals surface area contributed by atoms with E-state index in [1.165, 1.54) is 12.1 Å². The first-order valence-corrected chi connectivity index (χ1v) is 8.43. The molecule has 0 atom stereocenters. The lowest BCUT2D eigenvalue weighted by atomic mass is 10.1. The number of rotatable bonds is 6. The number of benzene rings is 2. The highest BCUT2D eigenvalue weighted by Gasteiger charge is 2.16. The summed E-state index contributed by atoms with van der Waals surface area (Å²) in [7, 11) is 0. The Labute approximate surface area is 163 Å². The number of carboxylic acids is 2. The maximum Gasteiger partial charge on any atom is 0.376 e. The Balaban J connectivity index is 2.09. The number of fused-ring (bicyclic) bond motifs is 1. The van der Waals surface area contributed by atoms with Gasteiger partial charge in [-0.15, -0.1) is 0 Å². The molecule has 0 aliphatic carbocycles. The van der Waals surface area contributed by atoms with Crippen molar-refractivity contribution in [3.05, 3.63) is 76.5 Å². The summed E-state index contributed by atoms with van der Waals surface area (Å²) in [5.41, 5.74) is 1.76. The molecule has 0 aliphatic heterocycles. The summed E-state index contributed by atoms with van der Waals surface area (Å²) in [6, 6.07) is 11.4. The van der Waals surface area contributed by atoms with Gasteiger partial charge in [-0.05, 0) is 35.9 Å². The number of hydrogen-bond donors (Lipinski definition) is 3. The first-order valence-electron chi connectivity index (χ1n) is 8.05. The van der Waals surface area contributed by atoms with E-state index in [0.29, 0.717) is 34.1 Å². The number of aliphatic hydroxyl groups is 1. The van der Waals surface area contributed by atoms with E-state index in [1.807, 2.05) is 0 Å². The normalized spacial score (nSPS) is 11.5. The predicted octanol–water partition coefficient (Wildman–Crippen LogP) is 3.59. The third-order valence-corrected chi connectivity index (χ3v) is 4.36. The van der Waals surface area contributed by atoms with Gasteiger partial charge in [0.05, 0.1) is 5.56 Å². The molecule has 1 aromatic heterocycles. The van der Waals surface area contributed by atoms with E-state index in [0.717, 1.165) is 0 Å². The van der Waals surface area contributed by atoms with Gasteiger partial charge in [0.15, 0.2) is 0 Å². The number of hydrogen-bond acceptors (Lipinski definition) is 4. The van der Waals surface area contributed by atoms with Gasteiger partial charge in [0, 0.05) is 40.3 Å². The van der Waals surface area contributed by atoms with Gasteiger partial charge in [0.2, 0.25) is 0 Å². The van der Waals surface area contributed by atoms with Crippen molar-refractivity contribution in [3.63, 3.8) is 0 Å². The van der Waals surface area contributed by atoms with Crippen LogP contribution in [0.5, 0.6) is 0 Å². The number of carboxylic acid groups (broad SMARTS) is 2. The van der Waals surface area contributed by atoms with Crippen molar-refractivity contribution < 1.29 is 29.7 Å². The molecule has 3 rings (SSSR count). The van der Waals surface area contributed by atoms with E-state index in [2.05, 4.69) is 0 Å². The van der Waals surface area contributed by atoms with E-state index in [4.69, 9.17) is 21.8 Å². The van der Waals surface area contributed by atoms with Crippen LogP contribution in [0.3, 0.4) is 0 Å². The number of carbonyl (C=O) groups is 3. The van der Waals surface area contributed by atoms with Crippen LogP contribution in [0.4, 0.5) is 0 Å². The number of nitrogens with zero attached hydrogens (tertiary/aromatic N) is 1. The van der Waals surface area contributed by atoms with Crippen molar-refractivity contribution in [2.45, 2.75) is 6.54 Å². The molecule has 0 amide bonds. The third-order valence-electron chi connectivity index (χ3n) is 4.12. The van der Waals surface area contributed by atoms with E-state index >= 15 is 0 Å². The lowest BCUT2D eigenvalue weighted by Gasteiger charge is -2.06. The molecule has 142 valence electrons. The molecule has 0 saturated heterocycles. The molecule has 0 radical (unpaired) electrons. The molecule has 2 aromatic carbocycles. The first-order chi connectivity index (χ1) is 13.3. The lowest BCUT2D eigenvalue weighted by molar-refractivity contribution is -0.146. The maximum atomic E-state index is 11.4. The molecule has 3 aromatic rings. The molecular weight excluding hydrogens is 386 g/mol. The Kier molecular flexibility index (Phi) is 5.19. The van der Waals surface area contributed by atoms with Crippen LogP contribution in [0.1, 0.15) is 21.5 Å². The van der Waals surface area contributed by atoms with Crippen molar-refractivity contribution >= 4 is 46.0 Å². The number of halogens is 1. The zero-order valence-corrected chi connectivity index (χ0v) is 15.1. The summed E-state index contributed by atoms with van der Waals surface area (Å²) < 4.78 is 1.75. The van der Waals surface area contributed by atoms with Gasteiger partial charge in [0.25, 0.3) is 5.78 Å². The summed E-state index contributed by atoms with van der Waals surface area (Å²) in [5, 5.41) is 29.1. The first kappa shape index (κ1) is 19.2. The quantitative estimate of drug-likeness (QED) is 0.331. The smallest absolute Gasteiger partial charge is 0.376 e. The molecule has 28 heavy (non-hydrogen) atoms. The molecule has 1 heterocycles. The minimum absolute atomic E-state index is 0.145. The van der Waals surface area contributed by atoms with Gasteiger partial charge in [-0.1, -0.05) is 23.7 Å². The summed E-state index contributed by atoms with van der Waals surface area (Å²) >= 11 is 6.04. The predicted molar refractivity (Wildman–Crippen MR) is 103 cm³/mol. The summed E-state index contributed by atoms with van der Waals surface area (Å²) in [5.74, 6) is -4.48. The molecule has 0 spiro atoms. The molecule has 3 N–H and O–H groups in total. The third kappa shape index (κ3) is 3.89. The second-order valence-electron chi connectivity index (χ2n) is 6.04. The van der Waals surface area contributed by atoms with Gasteiger partial charge in [0.1, 0.15) is 5.76 Å². The summed E-state index contributed by atoms with van der Waals surface area (Å²) in [6.45, 7) is 0.291. The fraction of sp³-hybridized carbons (Fsp3) is 0.0500. The number of aliphatic hydroxyl groups excluding tert-OH is 1. The number of ketones is 1. The Hall–Kier alpha value is -3.58. The SMILES string of the molecule is O=C(O)C(=O)/C=C(\O)c1cn(Cc2cccc(C(=O)O)c2)c2ccc(Cl)cc12. The zero-order chi connectivity index (χ0) is 20.4. The number of aromatic carboxylic acids is 1. The number of carbonyl (C=O) groups excluding carboxylic acids is 1. The van der Waals surface area contributed by atoms with Crippen LogP contribution in [0.15, 0.2) is 54.7 Å². The van der Waals surface area contributed by atoms with Crippen LogP contribution < -0.4 is 0 Å². The van der Waals surface area contributed by atoms with Crippen LogP contribution in [-0.4, -0.2) is 37.6 Å². The van der Waals surface area contributed by atoms with Crippen LogP contribution in [-0.2, 0) is 16.1 Å². The van der Waals surface area contributed by atoms with Gasteiger partial charge < -0.3 is 19.9 Å². The molecular formula is C20H14ClNO6. The Morgan fingerprint density at radius 3 is 2.46 bits per heavy atom. The van der Waals surface area contributed by atoms with Gasteiger partial charge >= 0.3 is 11.9 Å². The Morgan fingerprint density at radius 1 is 1.04 bits per heavy atom. The van der Waals surface area contributed by atoms with Gasteiger partial charge in [-0.3, -0.25) is 4.79 Å². The highest BCUT2D eigenvalue weighted by atomic mass is 35.5. The molecule has 0 unspecified atom stereocenters. The Bertz CT molecular complexity index is 1140. The maximum absolute atomic E-state index is 11.4. The molecule has 0 fully saturated rings. The lowest BCUT2D eigenvalue weighted by Crippen LogP contribution is -2.09. The van der Waals surface area contributed by atoms with Crippen LogP contribution >= 0.6 is 11.6 Å². The fourth-order valence-electron chi connectivity index (χ4n) is 2.87. The van der Waals surface area contributed by atoms with Crippen molar-refractivity contribution in [1.82, 2.24) is 4.57 Å². The van der Waals surface area contributed by atoms with Crippen molar-refractivity contribution in [3.8, 4) is 0 Å². The molecule has 7 nitrogen and oxygen atoms in total. The van der Waals surface area contributed by atoms with Crippen LogP contribution in [0.2, 0.25) is 5.02 Å². The average Bonchev–Trinajstić information content (AvgIpc) is 2.99. The Morgan fingerprint density at radius 2 is 1.79 bits per heavy atom. The molecule has 8 heteroatoms. The largest absolute Gasteiger partial charge is 0.507 e. The summed E-state index contributed by atoms with van der Waals surface area (Å²) in [6.07, 6.45) is 2.18. The van der Waals surface area contributed by atoms with Crippen LogP contribution in [0, 0.1) is 0 Å². The topological polar surface area (TPSA) is 117 Å². The second-order valence-corrected chi connectivity index (χ2v) is 6.47. The zero-order valence-electron chi connectivity index (χ0n) is 14.3. The number of aromatic nitrogens is 1. The summed E-state index contributed by atoms with van der Waals surface area (Å²) in [4.78, 5) is 33.3. The van der Waals surface area contributed by atoms with E-state index < -0.39 is 23.5 Å². The minimum atomic E-state index is -1.68. The van der Waals surface area contributed by atoms with Crippen molar-refractivity contribution in [2.75, 3.05) is 0 Å². The van der Waals surface area contributed by atoms with Gasteiger partial charge in [-0.2, -0.15) is 0 Å². The monoisotopic (exact) mass is 399 g/mol. The van der Waals surface area contributed by atoms with Crippen molar-refractivity contribution in [2.24, 2.45) is 0 Å². The molecule has 0 saturated carbocycles. The molecule has 0 bridgehead atoms. The van der Waals surface area contributed by atoms with E-state index in [-0.39, 0.29) is 11.1 Å². The second kappa shape index (κ2) is 7.58. The number of aliphatic carboxylic acids is 1. The van der Waals surface area contributed by atoms with E-state index in [1.54, 1.807) is 41.1 Å². The van der Waals surface area contributed by atoms with E-state index in [9.17, 15) is 19.5 Å².